The Bertz CT molecular complexity index is 424. The van der Waals surface area contributed by atoms with Crippen molar-refractivity contribution in [3.05, 3.63) is 29.8 Å². The summed E-state index contributed by atoms with van der Waals surface area (Å²) in [6.45, 7) is 5.62. The minimum Gasteiger partial charge on any atom is -0.326 e. The van der Waals surface area contributed by atoms with Gasteiger partial charge in [-0.05, 0) is 36.5 Å². The van der Waals surface area contributed by atoms with Crippen molar-refractivity contribution in [2.24, 2.45) is 11.7 Å². The number of nitrogens with one attached hydrogen (secondary N) is 1. The number of carbonyl (C=O) groups excluding carboxylic acids is 1. The summed E-state index contributed by atoms with van der Waals surface area (Å²) in [5.74, 6) is 0.492. The number of urea groups is 1. The molecule has 2 amide bonds. The van der Waals surface area contributed by atoms with Crippen LogP contribution in [0.3, 0.4) is 0 Å². The third-order valence-electron chi connectivity index (χ3n) is 3.25. The normalized spacial score (nSPS) is 14.5. The zero-order valence-electron chi connectivity index (χ0n) is 11.7. The third kappa shape index (κ3) is 3.96. The summed E-state index contributed by atoms with van der Waals surface area (Å²) in [5, 5.41) is 2.97. The van der Waals surface area contributed by atoms with E-state index >= 15 is 0 Å². The van der Waals surface area contributed by atoms with Crippen LogP contribution in [-0.2, 0) is 6.54 Å². The number of hydrogen-bond donors (Lipinski definition) is 2. The van der Waals surface area contributed by atoms with Crippen LogP contribution in [0.4, 0.5) is 10.5 Å². The molecule has 4 heteroatoms. The Kier molecular flexibility index (Phi) is 4.43. The molecule has 19 heavy (non-hydrogen) atoms. The monoisotopic (exact) mass is 261 g/mol. The number of amides is 2. The Morgan fingerprint density at radius 1 is 1.37 bits per heavy atom. The number of anilines is 1. The first-order chi connectivity index (χ1) is 9.10. The molecule has 0 radical (unpaired) electrons. The molecule has 0 atom stereocenters. The minimum absolute atomic E-state index is 0.0108. The van der Waals surface area contributed by atoms with E-state index in [9.17, 15) is 4.79 Å². The highest BCUT2D eigenvalue weighted by atomic mass is 16.2. The lowest BCUT2D eigenvalue weighted by atomic mass is 10.2. The molecule has 0 heterocycles. The van der Waals surface area contributed by atoms with Crippen molar-refractivity contribution in [1.82, 2.24) is 4.90 Å². The number of carbonyl (C=O) groups is 1. The molecule has 3 N–H and O–H groups in total. The molecule has 0 bridgehead atoms. The fraction of sp³-hybridized carbons (Fsp3) is 0.533. The van der Waals surface area contributed by atoms with E-state index in [1.807, 2.05) is 29.2 Å². The molecule has 1 fully saturated rings. The van der Waals surface area contributed by atoms with Crippen LogP contribution in [0, 0.1) is 5.92 Å². The second-order valence-corrected chi connectivity index (χ2v) is 5.61. The predicted molar refractivity (Wildman–Crippen MR) is 77.9 cm³/mol. The molecule has 0 saturated heterocycles. The van der Waals surface area contributed by atoms with Gasteiger partial charge < -0.3 is 16.0 Å². The SMILES string of the molecule is CC(C)CN(C(=O)Nc1ccc(CN)cc1)C1CC1. The standard InChI is InChI=1S/C15H23N3O/c1-11(2)10-18(14-7-8-14)15(19)17-13-5-3-12(9-16)4-6-13/h3-6,11,14H,7-10,16H2,1-2H3,(H,17,19). The largest absolute Gasteiger partial charge is 0.326 e. The maximum Gasteiger partial charge on any atom is 0.322 e. The highest BCUT2D eigenvalue weighted by molar-refractivity contribution is 5.89. The van der Waals surface area contributed by atoms with Gasteiger partial charge in [0.25, 0.3) is 0 Å². The molecule has 1 aliphatic carbocycles. The van der Waals surface area contributed by atoms with Crippen LogP contribution in [0.2, 0.25) is 0 Å². The van der Waals surface area contributed by atoms with Crippen LogP contribution in [0.25, 0.3) is 0 Å². The first-order valence-electron chi connectivity index (χ1n) is 6.96. The molecular formula is C15H23N3O. The van der Waals surface area contributed by atoms with Crippen molar-refractivity contribution in [1.29, 1.82) is 0 Å². The zero-order valence-corrected chi connectivity index (χ0v) is 11.7. The molecule has 1 aliphatic rings. The number of nitrogens with two attached hydrogens (primary N) is 1. The second kappa shape index (κ2) is 6.06. The van der Waals surface area contributed by atoms with Gasteiger partial charge in [-0.15, -0.1) is 0 Å². The van der Waals surface area contributed by atoms with Crippen LogP contribution in [-0.4, -0.2) is 23.5 Å². The summed E-state index contributed by atoms with van der Waals surface area (Å²) >= 11 is 0. The van der Waals surface area contributed by atoms with Crippen molar-refractivity contribution in [3.8, 4) is 0 Å². The maximum absolute atomic E-state index is 12.3. The van der Waals surface area contributed by atoms with Crippen molar-refractivity contribution < 1.29 is 4.79 Å². The highest BCUT2D eigenvalue weighted by Gasteiger charge is 2.32. The van der Waals surface area contributed by atoms with E-state index in [1.54, 1.807) is 0 Å². The molecule has 0 unspecified atom stereocenters. The lowest BCUT2D eigenvalue weighted by molar-refractivity contribution is 0.201. The van der Waals surface area contributed by atoms with Crippen LogP contribution >= 0.6 is 0 Å². The van der Waals surface area contributed by atoms with E-state index < -0.39 is 0 Å². The van der Waals surface area contributed by atoms with Gasteiger partial charge >= 0.3 is 6.03 Å². The number of rotatable bonds is 5. The van der Waals surface area contributed by atoms with Crippen molar-refractivity contribution in [3.63, 3.8) is 0 Å². The summed E-state index contributed by atoms with van der Waals surface area (Å²) in [4.78, 5) is 14.2. The number of nitrogens with zero attached hydrogens (tertiary/aromatic N) is 1. The van der Waals surface area contributed by atoms with Gasteiger partial charge in [-0.1, -0.05) is 26.0 Å². The van der Waals surface area contributed by atoms with Crippen LogP contribution in [0.5, 0.6) is 0 Å². The third-order valence-corrected chi connectivity index (χ3v) is 3.25. The van der Waals surface area contributed by atoms with Crippen LogP contribution in [0.1, 0.15) is 32.3 Å². The Labute approximate surface area is 115 Å². The summed E-state index contributed by atoms with van der Waals surface area (Å²) < 4.78 is 0. The van der Waals surface area contributed by atoms with E-state index in [0.29, 0.717) is 18.5 Å². The van der Waals surface area contributed by atoms with Crippen LogP contribution < -0.4 is 11.1 Å². The summed E-state index contributed by atoms with van der Waals surface area (Å²) in [7, 11) is 0. The Balaban J connectivity index is 1.97. The fourth-order valence-electron chi connectivity index (χ4n) is 2.10. The van der Waals surface area contributed by atoms with E-state index in [0.717, 1.165) is 30.6 Å². The van der Waals surface area contributed by atoms with Crippen molar-refractivity contribution in [2.75, 3.05) is 11.9 Å². The average molecular weight is 261 g/mol. The van der Waals surface area contributed by atoms with E-state index in [2.05, 4.69) is 19.2 Å². The van der Waals surface area contributed by atoms with Crippen molar-refractivity contribution in [2.45, 2.75) is 39.3 Å². The molecule has 0 aromatic heterocycles. The van der Waals surface area contributed by atoms with Gasteiger partial charge in [0, 0.05) is 24.8 Å². The molecule has 0 aliphatic heterocycles. The van der Waals surface area contributed by atoms with Gasteiger partial charge in [0.05, 0.1) is 0 Å². The van der Waals surface area contributed by atoms with Gasteiger partial charge in [0.1, 0.15) is 0 Å². The number of hydrogen-bond acceptors (Lipinski definition) is 2. The van der Waals surface area contributed by atoms with Gasteiger partial charge in [0.15, 0.2) is 0 Å². The molecule has 1 aromatic carbocycles. The zero-order chi connectivity index (χ0) is 13.8. The maximum atomic E-state index is 12.3. The van der Waals surface area contributed by atoms with Gasteiger partial charge in [0.2, 0.25) is 0 Å². The molecule has 1 saturated carbocycles. The van der Waals surface area contributed by atoms with E-state index in [4.69, 9.17) is 5.73 Å². The Hall–Kier alpha value is -1.55. The first kappa shape index (κ1) is 13.9. The molecule has 2 rings (SSSR count). The predicted octanol–water partition coefficient (Wildman–Crippen LogP) is 2.80. The first-order valence-corrected chi connectivity index (χ1v) is 6.96. The minimum atomic E-state index is 0.0108. The van der Waals surface area contributed by atoms with Gasteiger partial charge in [-0.3, -0.25) is 0 Å². The lowest BCUT2D eigenvalue weighted by Gasteiger charge is -2.24. The highest BCUT2D eigenvalue weighted by Crippen LogP contribution is 2.28. The lowest BCUT2D eigenvalue weighted by Crippen LogP contribution is -2.39. The average Bonchev–Trinajstić information content (AvgIpc) is 3.21. The quantitative estimate of drug-likeness (QED) is 0.856. The van der Waals surface area contributed by atoms with Gasteiger partial charge in [-0.25, -0.2) is 4.79 Å². The van der Waals surface area contributed by atoms with E-state index in [1.165, 1.54) is 0 Å². The van der Waals surface area contributed by atoms with Gasteiger partial charge in [-0.2, -0.15) is 0 Å². The van der Waals surface area contributed by atoms with Crippen molar-refractivity contribution >= 4 is 11.7 Å². The Morgan fingerprint density at radius 3 is 2.47 bits per heavy atom. The summed E-state index contributed by atoms with van der Waals surface area (Å²) in [5.41, 5.74) is 7.46. The molecule has 1 aromatic rings. The fourth-order valence-corrected chi connectivity index (χ4v) is 2.10. The topological polar surface area (TPSA) is 58.4 Å². The molecule has 104 valence electrons. The molecular weight excluding hydrogens is 238 g/mol. The number of benzene rings is 1. The Morgan fingerprint density at radius 2 is 2.00 bits per heavy atom. The smallest absolute Gasteiger partial charge is 0.322 e. The molecule has 0 spiro atoms. The summed E-state index contributed by atoms with van der Waals surface area (Å²) in [6, 6.07) is 8.14. The second-order valence-electron chi connectivity index (χ2n) is 5.61. The van der Waals surface area contributed by atoms with Crippen LogP contribution in [0.15, 0.2) is 24.3 Å². The van der Waals surface area contributed by atoms with E-state index in [-0.39, 0.29) is 6.03 Å². The molecule has 4 nitrogen and oxygen atoms in total. The summed E-state index contributed by atoms with van der Waals surface area (Å²) in [6.07, 6.45) is 2.26.